The third-order valence-corrected chi connectivity index (χ3v) is 14.0. The number of nitrogens with one attached hydrogen (secondary N) is 1. The molecule has 4 nitrogen and oxygen atoms in total. The van der Waals surface area contributed by atoms with Gasteiger partial charge in [0.05, 0.1) is 6.10 Å². The number of amides is 1. The third-order valence-electron chi connectivity index (χ3n) is 14.0. The van der Waals surface area contributed by atoms with E-state index in [1.807, 2.05) is 0 Å². The number of carbonyl (C=O) groups excluding carboxylic acids is 2. The topological polar surface area (TPSA) is 66.4 Å². The van der Waals surface area contributed by atoms with Crippen LogP contribution in [0.2, 0.25) is 0 Å². The molecule has 0 spiro atoms. The summed E-state index contributed by atoms with van der Waals surface area (Å²) >= 11 is 0. The fourth-order valence-corrected chi connectivity index (χ4v) is 11.0. The summed E-state index contributed by atoms with van der Waals surface area (Å²) in [6, 6.07) is 0.388. The van der Waals surface area contributed by atoms with Crippen LogP contribution in [0.15, 0.2) is 11.6 Å². The Morgan fingerprint density at radius 1 is 0.892 bits per heavy atom. The second-order valence-corrected chi connectivity index (χ2v) is 16.4. The quantitative estimate of drug-likeness (QED) is 0.440. The lowest BCUT2D eigenvalue weighted by atomic mass is 9.33. The monoisotopic (exact) mass is 509 g/mol. The van der Waals surface area contributed by atoms with Crippen molar-refractivity contribution in [2.75, 3.05) is 0 Å². The number of fused-ring (bicyclic) bond motifs is 7. The zero-order valence-corrected chi connectivity index (χ0v) is 24.5. The lowest BCUT2D eigenvalue weighted by Gasteiger charge is -2.70. The van der Waals surface area contributed by atoms with Crippen LogP contribution >= 0.6 is 0 Å². The van der Waals surface area contributed by atoms with Crippen LogP contribution in [0.4, 0.5) is 0 Å². The van der Waals surface area contributed by atoms with Crippen LogP contribution in [-0.2, 0) is 9.59 Å². The molecule has 0 bridgehead atoms. The molecular weight excluding hydrogens is 458 g/mol. The summed E-state index contributed by atoms with van der Waals surface area (Å²) in [6.07, 6.45) is 13.2. The number of allylic oxidation sites excluding steroid dienone is 2. The van der Waals surface area contributed by atoms with Crippen LogP contribution in [0, 0.1) is 50.2 Å². The Balaban J connectivity index is 1.40. The number of rotatable bonds is 2. The van der Waals surface area contributed by atoms with Gasteiger partial charge in [0.2, 0.25) is 5.91 Å². The summed E-state index contributed by atoms with van der Waals surface area (Å²) < 4.78 is 0. The number of ketones is 1. The van der Waals surface area contributed by atoms with Crippen molar-refractivity contribution in [1.82, 2.24) is 5.32 Å². The van der Waals surface area contributed by atoms with Crippen LogP contribution < -0.4 is 5.32 Å². The Bertz CT molecular complexity index is 1060. The van der Waals surface area contributed by atoms with Gasteiger partial charge in [-0.25, -0.2) is 0 Å². The molecule has 206 valence electrons. The van der Waals surface area contributed by atoms with Crippen LogP contribution in [0.5, 0.6) is 0 Å². The Morgan fingerprint density at radius 2 is 1.57 bits per heavy atom. The fraction of sp³-hybridized carbons (Fsp3) is 0.879. The Hall–Kier alpha value is -1.16. The molecule has 0 aromatic rings. The maximum Gasteiger partial charge on any atom is 0.226 e. The maximum absolute atomic E-state index is 14.4. The number of carbonyl (C=O) groups is 2. The smallest absolute Gasteiger partial charge is 0.226 e. The first-order valence-electron chi connectivity index (χ1n) is 15.4. The second-order valence-electron chi connectivity index (χ2n) is 16.4. The zero-order chi connectivity index (χ0) is 26.8. The molecule has 7 unspecified atom stereocenters. The minimum atomic E-state index is -0.347. The van der Waals surface area contributed by atoms with Crippen molar-refractivity contribution in [3.63, 3.8) is 0 Å². The van der Waals surface area contributed by atoms with Gasteiger partial charge in [-0.2, -0.15) is 0 Å². The predicted octanol–water partition coefficient (Wildman–Crippen LogP) is 6.61. The highest BCUT2D eigenvalue weighted by Gasteiger charge is 2.70. The summed E-state index contributed by atoms with van der Waals surface area (Å²) in [4.78, 5) is 27.8. The van der Waals surface area contributed by atoms with Crippen molar-refractivity contribution in [2.24, 2.45) is 50.2 Å². The summed E-state index contributed by atoms with van der Waals surface area (Å²) in [6.45, 7) is 16.4. The molecule has 6 aliphatic carbocycles. The van der Waals surface area contributed by atoms with E-state index in [-0.39, 0.29) is 50.4 Å². The van der Waals surface area contributed by atoms with Crippen molar-refractivity contribution in [1.29, 1.82) is 0 Å². The van der Waals surface area contributed by atoms with E-state index in [0.717, 1.165) is 64.2 Å². The third kappa shape index (κ3) is 3.35. The molecular formula is C33H51NO3. The normalized spacial score (nSPS) is 52.6. The van der Waals surface area contributed by atoms with Gasteiger partial charge >= 0.3 is 0 Å². The van der Waals surface area contributed by atoms with Gasteiger partial charge in [-0.1, -0.05) is 54.0 Å². The highest BCUT2D eigenvalue weighted by Crippen LogP contribution is 2.75. The van der Waals surface area contributed by atoms with Gasteiger partial charge in [-0.15, -0.1) is 0 Å². The summed E-state index contributed by atoms with van der Waals surface area (Å²) in [5, 5.41) is 14.3. The van der Waals surface area contributed by atoms with Gasteiger partial charge in [-0.05, 0) is 116 Å². The molecule has 2 N–H and O–H groups in total. The van der Waals surface area contributed by atoms with Crippen LogP contribution in [0.25, 0.3) is 0 Å². The van der Waals surface area contributed by atoms with E-state index in [1.165, 1.54) is 12.0 Å². The van der Waals surface area contributed by atoms with Gasteiger partial charge in [-0.3, -0.25) is 9.59 Å². The Morgan fingerprint density at radius 3 is 2.24 bits per heavy atom. The highest BCUT2D eigenvalue weighted by molar-refractivity contribution is 5.95. The van der Waals surface area contributed by atoms with E-state index in [9.17, 15) is 14.7 Å². The lowest BCUT2D eigenvalue weighted by Crippen LogP contribution is -2.66. The standard InChI is InChI=1S/C33H51NO3/c1-28(2)24-10-13-33(7)26(31(24,5)12-11-25(28)36)23(35)18-21-22-19-30(4,27(37)34-20-8-9-20)15-14-29(22,3)16-17-32(21,33)6/h18,20,22,24-26,36H,8-17,19H2,1-7H3,(H,34,37)/t22?,24?,25?,26?,29?,30-,31?,32+,33?/m0/s1. The molecule has 0 saturated heterocycles. The molecule has 6 rings (SSSR count). The summed E-state index contributed by atoms with van der Waals surface area (Å²) in [7, 11) is 0. The number of hydrogen-bond acceptors (Lipinski definition) is 3. The zero-order valence-electron chi connectivity index (χ0n) is 24.5. The molecule has 6 aliphatic rings. The molecule has 4 heteroatoms. The minimum Gasteiger partial charge on any atom is -0.393 e. The first-order chi connectivity index (χ1) is 17.1. The van der Waals surface area contributed by atoms with Crippen LogP contribution in [0.1, 0.15) is 119 Å². The first-order valence-corrected chi connectivity index (χ1v) is 15.4. The molecule has 0 radical (unpaired) electrons. The predicted molar refractivity (Wildman–Crippen MR) is 147 cm³/mol. The molecule has 0 aliphatic heterocycles. The van der Waals surface area contributed by atoms with Crippen molar-refractivity contribution in [3.8, 4) is 0 Å². The van der Waals surface area contributed by atoms with E-state index < -0.39 is 0 Å². The van der Waals surface area contributed by atoms with Crippen molar-refractivity contribution < 1.29 is 14.7 Å². The molecule has 5 saturated carbocycles. The average Bonchev–Trinajstić information content (AvgIpc) is 3.63. The molecule has 1 amide bonds. The van der Waals surface area contributed by atoms with E-state index in [1.54, 1.807) is 0 Å². The van der Waals surface area contributed by atoms with E-state index in [0.29, 0.717) is 23.7 Å². The van der Waals surface area contributed by atoms with E-state index in [2.05, 4.69) is 59.9 Å². The fourth-order valence-electron chi connectivity index (χ4n) is 11.0. The Kier molecular flexibility index (Phi) is 5.45. The molecule has 0 aromatic carbocycles. The number of aliphatic hydroxyl groups excluding tert-OH is 1. The van der Waals surface area contributed by atoms with Gasteiger partial charge in [0, 0.05) is 17.4 Å². The molecule has 0 heterocycles. The first kappa shape index (κ1) is 26.1. The largest absolute Gasteiger partial charge is 0.393 e. The average molecular weight is 510 g/mol. The molecule has 37 heavy (non-hydrogen) atoms. The molecule has 9 atom stereocenters. The van der Waals surface area contributed by atoms with Crippen LogP contribution in [-0.4, -0.2) is 28.9 Å². The van der Waals surface area contributed by atoms with Gasteiger partial charge in [0.25, 0.3) is 0 Å². The number of hydrogen-bond donors (Lipinski definition) is 2. The van der Waals surface area contributed by atoms with Crippen molar-refractivity contribution in [2.45, 2.75) is 131 Å². The molecule has 5 fully saturated rings. The van der Waals surface area contributed by atoms with E-state index >= 15 is 0 Å². The van der Waals surface area contributed by atoms with Crippen LogP contribution in [0.3, 0.4) is 0 Å². The van der Waals surface area contributed by atoms with Gasteiger partial charge < -0.3 is 10.4 Å². The lowest BCUT2D eigenvalue weighted by molar-refractivity contribution is -0.202. The Labute approximate surface area is 224 Å². The van der Waals surface area contributed by atoms with Crippen molar-refractivity contribution >= 4 is 11.7 Å². The summed E-state index contributed by atoms with van der Waals surface area (Å²) in [5.74, 6) is 1.26. The SMILES string of the molecule is CC12CC[C@](C)(C(=O)NC3CC3)CC1C1=CC(=O)C3C4(C)CCC(O)C(C)(C)C4CCC3(C)[C@]1(C)CC2. The maximum atomic E-state index is 14.4. The van der Waals surface area contributed by atoms with Crippen molar-refractivity contribution in [3.05, 3.63) is 11.6 Å². The summed E-state index contributed by atoms with van der Waals surface area (Å²) in [5.41, 5.74) is 0.867. The second kappa shape index (κ2) is 7.73. The van der Waals surface area contributed by atoms with E-state index in [4.69, 9.17) is 0 Å². The van der Waals surface area contributed by atoms with Gasteiger partial charge in [0.1, 0.15) is 0 Å². The minimum absolute atomic E-state index is 0.0109. The highest BCUT2D eigenvalue weighted by atomic mass is 16.3. The molecule has 0 aromatic heterocycles. The van der Waals surface area contributed by atoms with Gasteiger partial charge in [0.15, 0.2) is 5.78 Å². The number of aliphatic hydroxyl groups is 1.